The zero-order valence-electron chi connectivity index (χ0n) is 11.9. The van der Waals surface area contributed by atoms with Crippen molar-refractivity contribution in [2.24, 2.45) is 5.41 Å². The van der Waals surface area contributed by atoms with Crippen molar-refractivity contribution >= 4 is 10.0 Å². The molecule has 2 heterocycles. The minimum Gasteiger partial charge on any atom is -0.316 e. The summed E-state index contributed by atoms with van der Waals surface area (Å²) in [5.74, 6) is 0.0908. The molecule has 1 aromatic rings. The van der Waals surface area contributed by atoms with Crippen molar-refractivity contribution in [2.45, 2.75) is 26.2 Å². The SMILES string of the molecule is CC1(CNS(=O)(=O)CCc2ccccn2)CCCNC1. The van der Waals surface area contributed by atoms with E-state index in [1.807, 2.05) is 18.2 Å². The third-order valence-corrected chi connectivity index (χ3v) is 5.08. The van der Waals surface area contributed by atoms with Gasteiger partial charge in [-0.05, 0) is 36.9 Å². The Bertz CT molecular complexity index is 510. The van der Waals surface area contributed by atoms with Crippen molar-refractivity contribution in [1.29, 1.82) is 0 Å². The molecule has 1 aromatic heterocycles. The van der Waals surface area contributed by atoms with Crippen LogP contribution in [0.3, 0.4) is 0 Å². The summed E-state index contributed by atoms with van der Waals surface area (Å²) in [4.78, 5) is 4.14. The van der Waals surface area contributed by atoms with Crippen LogP contribution < -0.4 is 10.0 Å². The lowest BCUT2D eigenvalue weighted by Crippen LogP contribution is -2.46. The van der Waals surface area contributed by atoms with Crippen LogP contribution in [0, 0.1) is 5.41 Å². The normalized spacial score (nSPS) is 23.6. The lowest BCUT2D eigenvalue weighted by atomic mass is 9.83. The Morgan fingerprint density at radius 2 is 2.30 bits per heavy atom. The highest BCUT2D eigenvalue weighted by molar-refractivity contribution is 7.89. The van der Waals surface area contributed by atoms with Crippen molar-refractivity contribution in [3.63, 3.8) is 0 Å². The highest BCUT2D eigenvalue weighted by atomic mass is 32.2. The van der Waals surface area contributed by atoms with Crippen LogP contribution >= 0.6 is 0 Å². The van der Waals surface area contributed by atoms with Gasteiger partial charge in [0.2, 0.25) is 10.0 Å². The van der Waals surface area contributed by atoms with E-state index >= 15 is 0 Å². The van der Waals surface area contributed by atoms with Gasteiger partial charge in [0.1, 0.15) is 0 Å². The van der Waals surface area contributed by atoms with Gasteiger partial charge in [-0.2, -0.15) is 0 Å². The minimum absolute atomic E-state index is 0.0241. The number of pyridine rings is 1. The summed E-state index contributed by atoms with van der Waals surface area (Å²) < 4.78 is 26.8. The first-order valence-electron chi connectivity index (χ1n) is 7.07. The van der Waals surface area contributed by atoms with Crippen molar-refractivity contribution in [3.05, 3.63) is 30.1 Å². The molecule has 1 fully saturated rings. The molecule has 0 amide bonds. The van der Waals surface area contributed by atoms with E-state index in [2.05, 4.69) is 21.9 Å². The average Bonchev–Trinajstić information content (AvgIpc) is 2.46. The summed E-state index contributed by atoms with van der Waals surface area (Å²) in [6, 6.07) is 5.55. The number of hydrogen-bond donors (Lipinski definition) is 2. The summed E-state index contributed by atoms with van der Waals surface area (Å²) in [5.41, 5.74) is 0.833. The molecule has 0 aliphatic carbocycles. The first-order chi connectivity index (χ1) is 9.49. The molecule has 2 rings (SSSR count). The van der Waals surface area contributed by atoms with E-state index in [9.17, 15) is 8.42 Å². The van der Waals surface area contributed by atoms with Crippen LogP contribution in [-0.4, -0.2) is 38.8 Å². The van der Waals surface area contributed by atoms with Gasteiger partial charge in [-0.3, -0.25) is 4.98 Å². The van der Waals surface area contributed by atoms with Crippen LogP contribution in [0.2, 0.25) is 0 Å². The van der Waals surface area contributed by atoms with Crippen molar-refractivity contribution in [3.8, 4) is 0 Å². The van der Waals surface area contributed by atoms with Crippen molar-refractivity contribution in [2.75, 3.05) is 25.4 Å². The van der Waals surface area contributed by atoms with Gasteiger partial charge in [0.05, 0.1) is 5.75 Å². The van der Waals surface area contributed by atoms with Crippen LogP contribution in [0.4, 0.5) is 0 Å². The number of nitrogens with one attached hydrogen (secondary N) is 2. The number of sulfonamides is 1. The average molecular weight is 297 g/mol. The van der Waals surface area contributed by atoms with Gasteiger partial charge in [-0.25, -0.2) is 13.1 Å². The molecule has 5 nitrogen and oxygen atoms in total. The molecule has 0 radical (unpaired) electrons. The fraction of sp³-hybridized carbons (Fsp3) is 0.643. The topological polar surface area (TPSA) is 71.1 Å². The quantitative estimate of drug-likeness (QED) is 0.819. The summed E-state index contributed by atoms with van der Waals surface area (Å²) >= 11 is 0. The number of nitrogens with zero attached hydrogens (tertiary/aromatic N) is 1. The first-order valence-corrected chi connectivity index (χ1v) is 8.72. The highest BCUT2D eigenvalue weighted by Crippen LogP contribution is 2.24. The molecule has 1 aliphatic heterocycles. The maximum absolute atomic E-state index is 12.0. The second kappa shape index (κ2) is 6.65. The third kappa shape index (κ3) is 4.85. The highest BCUT2D eigenvalue weighted by Gasteiger charge is 2.28. The Morgan fingerprint density at radius 3 is 2.95 bits per heavy atom. The Labute approximate surface area is 121 Å². The van der Waals surface area contributed by atoms with Crippen molar-refractivity contribution < 1.29 is 8.42 Å². The molecule has 1 saturated heterocycles. The van der Waals surface area contributed by atoms with Gasteiger partial charge in [0, 0.05) is 31.4 Å². The Morgan fingerprint density at radius 1 is 1.45 bits per heavy atom. The molecule has 1 unspecified atom stereocenters. The third-order valence-electron chi connectivity index (χ3n) is 3.76. The van der Waals surface area contributed by atoms with E-state index in [1.54, 1.807) is 6.20 Å². The molecular weight excluding hydrogens is 274 g/mol. The number of hydrogen-bond acceptors (Lipinski definition) is 4. The van der Waals surface area contributed by atoms with Gasteiger partial charge >= 0.3 is 0 Å². The predicted octanol–water partition coefficient (Wildman–Crippen LogP) is 0.933. The molecule has 1 atom stereocenters. The molecular formula is C14H23N3O2S. The van der Waals surface area contributed by atoms with E-state index < -0.39 is 10.0 Å². The first kappa shape index (κ1) is 15.4. The Balaban J connectivity index is 1.82. The summed E-state index contributed by atoms with van der Waals surface area (Å²) in [6.07, 6.45) is 4.30. The van der Waals surface area contributed by atoms with Crippen LogP contribution in [0.1, 0.15) is 25.5 Å². The Hall–Kier alpha value is -0.980. The van der Waals surface area contributed by atoms with Crippen LogP contribution in [0.5, 0.6) is 0 Å². The van der Waals surface area contributed by atoms with Crippen molar-refractivity contribution in [1.82, 2.24) is 15.0 Å². The fourth-order valence-electron chi connectivity index (χ4n) is 2.41. The van der Waals surface area contributed by atoms with Gasteiger partial charge in [-0.1, -0.05) is 13.0 Å². The zero-order valence-corrected chi connectivity index (χ0v) is 12.7. The molecule has 20 heavy (non-hydrogen) atoms. The van der Waals surface area contributed by atoms with E-state index in [0.717, 1.165) is 31.6 Å². The lowest BCUT2D eigenvalue weighted by Gasteiger charge is -2.34. The number of aromatic nitrogens is 1. The van der Waals surface area contributed by atoms with Gasteiger partial charge < -0.3 is 5.32 Å². The summed E-state index contributed by atoms with van der Waals surface area (Å²) in [7, 11) is -3.24. The van der Waals surface area contributed by atoms with E-state index in [4.69, 9.17) is 0 Å². The molecule has 0 bridgehead atoms. The number of rotatable bonds is 6. The molecule has 0 spiro atoms. The van der Waals surface area contributed by atoms with E-state index in [1.165, 1.54) is 0 Å². The second-order valence-electron chi connectivity index (χ2n) is 5.80. The Kier molecular flexibility index (Phi) is 5.12. The molecule has 0 aromatic carbocycles. The fourth-order valence-corrected chi connectivity index (χ4v) is 3.60. The minimum atomic E-state index is -3.24. The van der Waals surface area contributed by atoms with Gasteiger partial charge in [0.15, 0.2) is 0 Å². The molecule has 112 valence electrons. The molecule has 6 heteroatoms. The molecule has 0 saturated carbocycles. The maximum Gasteiger partial charge on any atom is 0.211 e. The summed E-state index contributed by atoms with van der Waals surface area (Å²) in [6.45, 7) is 4.53. The molecule has 2 N–H and O–H groups in total. The largest absolute Gasteiger partial charge is 0.316 e. The molecule has 1 aliphatic rings. The van der Waals surface area contributed by atoms with Gasteiger partial charge in [0.25, 0.3) is 0 Å². The smallest absolute Gasteiger partial charge is 0.211 e. The van der Waals surface area contributed by atoms with Crippen LogP contribution in [0.15, 0.2) is 24.4 Å². The standard InChI is InChI=1S/C14H23N3O2S/c1-14(7-4-8-15-11-14)12-17-20(18,19)10-6-13-5-2-3-9-16-13/h2-3,5,9,15,17H,4,6-8,10-12H2,1H3. The van der Waals surface area contributed by atoms with E-state index in [-0.39, 0.29) is 11.2 Å². The summed E-state index contributed by atoms with van der Waals surface area (Å²) in [5, 5.41) is 3.32. The predicted molar refractivity (Wildman–Crippen MR) is 79.9 cm³/mol. The lowest BCUT2D eigenvalue weighted by molar-refractivity contribution is 0.238. The number of piperidine rings is 1. The van der Waals surface area contributed by atoms with Crippen LogP contribution in [0.25, 0.3) is 0 Å². The van der Waals surface area contributed by atoms with Crippen LogP contribution in [-0.2, 0) is 16.4 Å². The number of aryl methyl sites for hydroxylation is 1. The maximum atomic E-state index is 12.0. The van der Waals surface area contributed by atoms with Gasteiger partial charge in [-0.15, -0.1) is 0 Å². The zero-order chi connectivity index (χ0) is 14.5. The second-order valence-corrected chi connectivity index (χ2v) is 7.73. The monoisotopic (exact) mass is 297 g/mol. The van der Waals surface area contributed by atoms with E-state index in [0.29, 0.717) is 13.0 Å².